The zero-order valence-corrected chi connectivity index (χ0v) is 15.6. The molecule has 27 heavy (non-hydrogen) atoms. The van der Waals surface area contributed by atoms with Crippen molar-refractivity contribution < 1.29 is 34.4 Å². The number of allylic oxidation sites excluding steroid dienone is 3. The van der Waals surface area contributed by atoms with E-state index in [2.05, 4.69) is 0 Å². The van der Waals surface area contributed by atoms with Gasteiger partial charge in [0.05, 0.1) is 11.1 Å². The third-order valence-electron chi connectivity index (χ3n) is 4.10. The number of fused-ring (bicyclic) bond motifs is 1. The molecule has 0 radical (unpaired) electrons. The van der Waals surface area contributed by atoms with E-state index in [1.54, 1.807) is 19.1 Å². The van der Waals surface area contributed by atoms with Crippen molar-refractivity contribution >= 4 is 23.4 Å². The maximum Gasteiger partial charge on any atom is 0.342 e. The summed E-state index contributed by atoms with van der Waals surface area (Å²) >= 11 is 6.05. The number of phenolic OH excluding ortho intramolecular Hbond substituents is 2. The molecule has 0 bridgehead atoms. The van der Waals surface area contributed by atoms with Gasteiger partial charge in [0, 0.05) is 31.6 Å². The Labute approximate surface area is 161 Å². The number of aliphatic hydroxyl groups excluding tert-OH is 1. The van der Waals surface area contributed by atoms with Crippen LogP contribution in [0.4, 0.5) is 0 Å². The van der Waals surface area contributed by atoms with E-state index in [4.69, 9.17) is 21.1 Å². The summed E-state index contributed by atoms with van der Waals surface area (Å²) in [6.45, 7) is 1.58. The quantitative estimate of drug-likeness (QED) is 0.624. The smallest absolute Gasteiger partial charge is 0.342 e. The van der Waals surface area contributed by atoms with Crippen LogP contribution in [0.1, 0.15) is 29.3 Å². The summed E-state index contributed by atoms with van der Waals surface area (Å²) in [6, 6.07) is 0.912. The molecule has 1 aliphatic heterocycles. The highest BCUT2D eigenvalue weighted by molar-refractivity contribution is 6.33. The molecule has 0 aliphatic carbocycles. The van der Waals surface area contributed by atoms with E-state index in [1.807, 2.05) is 0 Å². The zero-order chi connectivity index (χ0) is 20.1. The second-order valence-corrected chi connectivity index (χ2v) is 6.57. The Morgan fingerprint density at radius 2 is 1.93 bits per heavy atom. The lowest BCUT2D eigenvalue weighted by molar-refractivity contribution is -0.114. The third kappa shape index (κ3) is 5.09. The van der Waals surface area contributed by atoms with Crippen LogP contribution in [0.2, 0.25) is 5.02 Å². The van der Waals surface area contributed by atoms with Crippen molar-refractivity contribution in [3.63, 3.8) is 0 Å². The maximum atomic E-state index is 12.6. The monoisotopic (exact) mass is 396 g/mol. The van der Waals surface area contributed by atoms with Crippen molar-refractivity contribution in [2.75, 3.05) is 7.11 Å². The van der Waals surface area contributed by atoms with E-state index in [0.717, 1.165) is 6.07 Å². The van der Waals surface area contributed by atoms with Gasteiger partial charge < -0.3 is 24.8 Å². The van der Waals surface area contributed by atoms with E-state index in [1.165, 1.54) is 19.3 Å². The number of methoxy groups -OCH3 is 1. The SMILES string of the molecule is COC1/C=C\C=C\C(=O)Cc2c(Cl)c(O)cc(O)c2C(=O)OC(C)CC1O. The van der Waals surface area contributed by atoms with Crippen LogP contribution in [-0.4, -0.2) is 52.5 Å². The maximum absolute atomic E-state index is 12.6. The number of ketones is 1. The number of phenols is 2. The van der Waals surface area contributed by atoms with Gasteiger partial charge in [0.2, 0.25) is 0 Å². The molecule has 3 atom stereocenters. The highest BCUT2D eigenvalue weighted by atomic mass is 35.5. The Morgan fingerprint density at radius 1 is 1.22 bits per heavy atom. The number of hydrogen-bond donors (Lipinski definition) is 3. The van der Waals surface area contributed by atoms with Gasteiger partial charge in [-0.05, 0) is 13.0 Å². The number of aliphatic hydroxyl groups is 1. The van der Waals surface area contributed by atoms with Gasteiger partial charge in [-0.3, -0.25) is 4.79 Å². The molecule has 0 aromatic heterocycles. The number of carbonyl (C=O) groups excluding carboxylic acids is 2. The Morgan fingerprint density at radius 3 is 2.59 bits per heavy atom. The van der Waals surface area contributed by atoms with Crippen LogP contribution in [0.15, 0.2) is 30.4 Å². The second-order valence-electron chi connectivity index (χ2n) is 6.19. The van der Waals surface area contributed by atoms with E-state index < -0.39 is 41.6 Å². The third-order valence-corrected chi connectivity index (χ3v) is 4.53. The van der Waals surface area contributed by atoms with Crippen molar-refractivity contribution in [1.29, 1.82) is 0 Å². The number of rotatable bonds is 1. The summed E-state index contributed by atoms with van der Waals surface area (Å²) in [5, 5.41) is 30.0. The molecule has 2 rings (SSSR count). The van der Waals surface area contributed by atoms with Crippen molar-refractivity contribution in [3.8, 4) is 11.5 Å². The lowest BCUT2D eigenvalue weighted by atomic mass is 9.99. The predicted molar refractivity (Wildman–Crippen MR) is 98.1 cm³/mol. The molecule has 3 unspecified atom stereocenters. The standard InChI is InChI=1S/C19H21ClO7/c1-10-7-13(22)16(26-2)6-4-3-5-11(21)8-12-17(19(25)27-10)14(23)9-15(24)18(12)20/h3-6,9-10,13,16,22-24H,7-8H2,1-2H3/b5-3+,6-4-. The van der Waals surface area contributed by atoms with Crippen molar-refractivity contribution in [2.24, 2.45) is 0 Å². The first kappa shape index (κ1) is 21.0. The van der Waals surface area contributed by atoms with E-state index in [9.17, 15) is 24.9 Å². The van der Waals surface area contributed by atoms with Crippen LogP contribution in [-0.2, 0) is 20.7 Å². The van der Waals surface area contributed by atoms with E-state index in [-0.39, 0.29) is 29.0 Å². The van der Waals surface area contributed by atoms with E-state index in [0.29, 0.717) is 0 Å². The lowest BCUT2D eigenvalue weighted by Crippen LogP contribution is -2.31. The number of hydrogen-bond acceptors (Lipinski definition) is 7. The topological polar surface area (TPSA) is 113 Å². The van der Waals surface area contributed by atoms with Gasteiger partial charge in [-0.1, -0.05) is 29.8 Å². The fraction of sp³-hybridized carbons (Fsp3) is 0.368. The van der Waals surface area contributed by atoms with Crippen LogP contribution in [0.5, 0.6) is 11.5 Å². The van der Waals surface area contributed by atoms with Gasteiger partial charge in [0.15, 0.2) is 5.78 Å². The zero-order valence-electron chi connectivity index (χ0n) is 14.9. The first-order valence-corrected chi connectivity index (χ1v) is 8.65. The summed E-state index contributed by atoms with van der Waals surface area (Å²) in [5.41, 5.74) is -0.325. The Hall–Kier alpha value is -2.35. The van der Waals surface area contributed by atoms with Gasteiger partial charge in [-0.2, -0.15) is 0 Å². The van der Waals surface area contributed by atoms with Crippen molar-refractivity contribution in [2.45, 2.75) is 38.1 Å². The average molecular weight is 397 g/mol. The van der Waals surface area contributed by atoms with Crippen molar-refractivity contribution in [1.82, 2.24) is 0 Å². The van der Waals surface area contributed by atoms with Gasteiger partial charge >= 0.3 is 5.97 Å². The molecule has 0 saturated carbocycles. The minimum atomic E-state index is -0.961. The highest BCUT2D eigenvalue weighted by Gasteiger charge is 2.27. The minimum absolute atomic E-state index is 0.0302. The summed E-state index contributed by atoms with van der Waals surface area (Å²) in [5.74, 6) is -2.34. The molecule has 0 spiro atoms. The highest BCUT2D eigenvalue weighted by Crippen LogP contribution is 2.37. The predicted octanol–water partition coefficient (Wildman–Crippen LogP) is 2.30. The molecule has 3 N–H and O–H groups in total. The number of halogens is 1. The average Bonchev–Trinajstić information content (AvgIpc) is 2.58. The Bertz CT molecular complexity index is 785. The summed E-state index contributed by atoms with van der Waals surface area (Å²) < 4.78 is 10.5. The number of cyclic esters (lactones) is 1. The Balaban J connectivity index is 2.50. The van der Waals surface area contributed by atoms with Crippen LogP contribution in [0, 0.1) is 0 Å². The summed E-state index contributed by atoms with van der Waals surface area (Å²) in [4.78, 5) is 24.8. The second kappa shape index (κ2) is 9.03. The molecule has 7 nitrogen and oxygen atoms in total. The summed E-state index contributed by atoms with van der Waals surface area (Å²) in [6.07, 6.45) is 3.28. The summed E-state index contributed by atoms with van der Waals surface area (Å²) in [7, 11) is 1.43. The molecule has 146 valence electrons. The number of carbonyl (C=O) groups is 2. The normalized spacial score (nSPS) is 26.6. The fourth-order valence-electron chi connectivity index (χ4n) is 2.78. The first-order chi connectivity index (χ1) is 12.7. The van der Waals surface area contributed by atoms with Gasteiger partial charge in [0.25, 0.3) is 0 Å². The van der Waals surface area contributed by atoms with Crippen LogP contribution in [0.3, 0.4) is 0 Å². The van der Waals surface area contributed by atoms with Crippen LogP contribution >= 0.6 is 11.6 Å². The number of benzene rings is 1. The molecule has 1 heterocycles. The van der Waals surface area contributed by atoms with Crippen molar-refractivity contribution in [3.05, 3.63) is 46.5 Å². The molecular weight excluding hydrogens is 376 g/mol. The van der Waals surface area contributed by atoms with Crippen LogP contribution in [0.25, 0.3) is 0 Å². The number of aromatic hydroxyl groups is 2. The molecule has 1 aromatic carbocycles. The fourth-order valence-corrected chi connectivity index (χ4v) is 2.99. The molecular formula is C19H21ClO7. The Kier molecular flexibility index (Phi) is 7.01. The molecule has 8 heteroatoms. The van der Waals surface area contributed by atoms with Gasteiger partial charge in [0.1, 0.15) is 29.3 Å². The molecule has 0 saturated heterocycles. The van der Waals surface area contributed by atoms with E-state index >= 15 is 0 Å². The largest absolute Gasteiger partial charge is 0.507 e. The molecule has 1 aliphatic rings. The number of esters is 1. The van der Waals surface area contributed by atoms with Gasteiger partial charge in [-0.25, -0.2) is 4.79 Å². The number of ether oxygens (including phenoxy) is 2. The lowest BCUT2D eigenvalue weighted by Gasteiger charge is -2.23. The molecule has 0 fully saturated rings. The van der Waals surface area contributed by atoms with Gasteiger partial charge in [-0.15, -0.1) is 0 Å². The molecule has 0 amide bonds. The first-order valence-electron chi connectivity index (χ1n) is 8.27. The molecule has 1 aromatic rings. The minimum Gasteiger partial charge on any atom is -0.507 e. The van der Waals surface area contributed by atoms with Crippen LogP contribution < -0.4 is 0 Å².